The molecule has 0 unspecified atom stereocenters. The lowest BCUT2D eigenvalue weighted by Gasteiger charge is -2.31. The molecule has 0 saturated carbocycles. The minimum Gasteiger partial charge on any atom is -1.00 e. The molecule has 1 aliphatic carbocycles. The molecular formula is C16H16ClNO2. The number of hydrogen-bond donors (Lipinski definition) is 3. The summed E-state index contributed by atoms with van der Waals surface area (Å²) in [5, 5.41) is 22.3. The van der Waals surface area contributed by atoms with Crippen LogP contribution in [0.15, 0.2) is 30.3 Å². The SMILES string of the molecule is Oc1ccc2c(c1O)-c1cccc3c1[C@@H](C2)[NH2+]CC3.[Cl-]. The van der Waals surface area contributed by atoms with Crippen molar-refractivity contribution in [2.45, 2.75) is 18.9 Å². The van der Waals surface area contributed by atoms with E-state index < -0.39 is 0 Å². The van der Waals surface area contributed by atoms with Gasteiger partial charge in [-0.1, -0.05) is 24.3 Å². The second-order valence-electron chi connectivity index (χ2n) is 5.43. The van der Waals surface area contributed by atoms with E-state index in [0.29, 0.717) is 6.04 Å². The van der Waals surface area contributed by atoms with Crippen LogP contribution in [0.25, 0.3) is 11.1 Å². The zero-order chi connectivity index (χ0) is 13.0. The maximum atomic E-state index is 10.2. The Morgan fingerprint density at radius 3 is 2.75 bits per heavy atom. The van der Waals surface area contributed by atoms with Gasteiger partial charge in [-0.2, -0.15) is 0 Å². The van der Waals surface area contributed by atoms with Crippen LogP contribution in [0.3, 0.4) is 0 Å². The van der Waals surface area contributed by atoms with Gasteiger partial charge in [0.25, 0.3) is 0 Å². The summed E-state index contributed by atoms with van der Waals surface area (Å²) in [4.78, 5) is 0. The molecule has 1 atom stereocenters. The molecule has 2 aliphatic rings. The zero-order valence-corrected chi connectivity index (χ0v) is 11.7. The smallest absolute Gasteiger partial charge is 0.165 e. The van der Waals surface area contributed by atoms with Crippen molar-refractivity contribution in [2.75, 3.05) is 6.54 Å². The molecular weight excluding hydrogens is 274 g/mol. The first-order valence-corrected chi connectivity index (χ1v) is 6.75. The fourth-order valence-corrected chi connectivity index (χ4v) is 3.56. The van der Waals surface area contributed by atoms with Crippen LogP contribution in [0, 0.1) is 0 Å². The fraction of sp³-hybridized carbons (Fsp3) is 0.250. The van der Waals surface area contributed by atoms with E-state index in [1.807, 2.05) is 6.07 Å². The van der Waals surface area contributed by atoms with Crippen molar-refractivity contribution in [1.82, 2.24) is 0 Å². The molecule has 1 heterocycles. The highest BCUT2D eigenvalue weighted by molar-refractivity contribution is 5.81. The lowest BCUT2D eigenvalue weighted by Crippen LogP contribution is -3.00. The Balaban J connectivity index is 0.00000121. The molecule has 0 fully saturated rings. The van der Waals surface area contributed by atoms with Gasteiger partial charge in [0.15, 0.2) is 11.5 Å². The summed E-state index contributed by atoms with van der Waals surface area (Å²) in [5.41, 5.74) is 5.78. The first-order chi connectivity index (χ1) is 9.25. The van der Waals surface area contributed by atoms with E-state index in [9.17, 15) is 10.2 Å². The van der Waals surface area contributed by atoms with E-state index in [-0.39, 0.29) is 23.9 Å². The predicted molar refractivity (Wildman–Crippen MR) is 72.1 cm³/mol. The molecule has 4 rings (SSSR count). The van der Waals surface area contributed by atoms with E-state index in [2.05, 4.69) is 23.5 Å². The monoisotopic (exact) mass is 289 g/mol. The van der Waals surface area contributed by atoms with Crippen LogP contribution in [0.1, 0.15) is 22.7 Å². The lowest BCUT2D eigenvalue weighted by atomic mass is 9.77. The third-order valence-electron chi connectivity index (χ3n) is 4.38. The standard InChI is InChI=1S/C16H15NO2.ClH/c18-13-5-4-10-8-12-14-9(6-7-17-12)2-1-3-11(14)15(10)16(13)19;/h1-5,12,17-19H,6-8H2;1H/t12-;/m1./s1. The van der Waals surface area contributed by atoms with Gasteiger partial charge in [0, 0.05) is 24.0 Å². The van der Waals surface area contributed by atoms with Gasteiger partial charge in [0.2, 0.25) is 0 Å². The quantitative estimate of drug-likeness (QED) is 0.516. The third kappa shape index (κ3) is 1.70. The highest BCUT2D eigenvalue weighted by Crippen LogP contribution is 2.47. The number of benzene rings is 2. The second kappa shape index (κ2) is 4.69. The van der Waals surface area contributed by atoms with Gasteiger partial charge < -0.3 is 27.9 Å². The summed E-state index contributed by atoms with van der Waals surface area (Å²) in [6, 6.07) is 10.3. The Hall–Kier alpha value is -1.71. The molecule has 1 aliphatic heterocycles. The Kier molecular flexibility index (Phi) is 3.11. The highest BCUT2D eigenvalue weighted by Gasteiger charge is 2.33. The number of halogens is 1. The largest absolute Gasteiger partial charge is 1.00 e. The molecule has 2 aromatic rings. The molecule has 3 nitrogen and oxygen atoms in total. The molecule has 104 valence electrons. The summed E-state index contributed by atoms with van der Waals surface area (Å²) in [7, 11) is 0. The molecule has 0 radical (unpaired) electrons. The summed E-state index contributed by atoms with van der Waals surface area (Å²) >= 11 is 0. The molecule has 20 heavy (non-hydrogen) atoms. The number of aromatic hydroxyl groups is 2. The lowest BCUT2D eigenvalue weighted by molar-refractivity contribution is -0.698. The first-order valence-electron chi connectivity index (χ1n) is 6.75. The van der Waals surface area contributed by atoms with Crippen molar-refractivity contribution < 1.29 is 27.9 Å². The van der Waals surface area contributed by atoms with E-state index >= 15 is 0 Å². The minimum atomic E-state index is -0.0328. The normalized spacial score (nSPS) is 18.7. The molecule has 0 aromatic heterocycles. The van der Waals surface area contributed by atoms with E-state index in [1.54, 1.807) is 6.07 Å². The topological polar surface area (TPSA) is 57.1 Å². The Labute approximate surface area is 123 Å². The Bertz CT molecular complexity index is 684. The molecule has 2 aromatic carbocycles. The Morgan fingerprint density at radius 2 is 1.90 bits per heavy atom. The van der Waals surface area contributed by atoms with Gasteiger partial charge in [-0.15, -0.1) is 0 Å². The van der Waals surface area contributed by atoms with Gasteiger partial charge in [-0.3, -0.25) is 0 Å². The number of phenols is 2. The highest BCUT2D eigenvalue weighted by atomic mass is 35.5. The van der Waals surface area contributed by atoms with Crippen LogP contribution < -0.4 is 17.7 Å². The second-order valence-corrected chi connectivity index (χ2v) is 5.43. The van der Waals surface area contributed by atoms with Crippen molar-refractivity contribution in [3.63, 3.8) is 0 Å². The summed E-state index contributed by atoms with van der Waals surface area (Å²) < 4.78 is 0. The van der Waals surface area contributed by atoms with Gasteiger partial charge >= 0.3 is 0 Å². The van der Waals surface area contributed by atoms with Crippen LogP contribution in [0.4, 0.5) is 0 Å². The van der Waals surface area contributed by atoms with Crippen molar-refractivity contribution in [3.8, 4) is 22.6 Å². The predicted octanol–water partition coefficient (Wildman–Crippen LogP) is -1.51. The number of nitrogens with two attached hydrogens (primary N) is 1. The molecule has 0 bridgehead atoms. The van der Waals surface area contributed by atoms with Crippen molar-refractivity contribution >= 4 is 0 Å². The number of hydrogen-bond acceptors (Lipinski definition) is 2. The van der Waals surface area contributed by atoms with Crippen molar-refractivity contribution in [2.24, 2.45) is 0 Å². The van der Waals surface area contributed by atoms with Crippen LogP contribution in [-0.2, 0) is 12.8 Å². The van der Waals surface area contributed by atoms with Crippen LogP contribution >= 0.6 is 0 Å². The number of fused-ring (bicyclic) bond motifs is 2. The fourth-order valence-electron chi connectivity index (χ4n) is 3.56. The van der Waals surface area contributed by atoms with Gasteiger partial charge in [0.05, 0.1) is 6.54 Å². The van der Waals surface area contributed by atoms with Crippen LogP contribution in [0.2, 0.25) is 0 Å². The van der Waals surface area contributed by atoms with E-state index in [0.717, 1.165) is 36.1 Å². The van der Waals surface area contributed by atoms with Gasteiger partial charge in [-0.05, 0) is 22.8 Å². The van der Waals surface area contributed by atoms with E-state index in [4.69, 9.17) is 0 Å². The average Bonchev–Trinajstić information content (AvgIpc) is 2.43. The summed E-state index contributed by atoms with van der Waals surface area (Å²) in [6.07, 6.45) is 2.00. The maximum absolute atomic E-state index is 10.2. The van der Waals surface area contributed by atoms with Gasteiger partial charge in [0.1, 0.15) is 6.04 Å². The molecule has 0 spiro atoms. The van der Waals surface area contributed by atoms with Gasteiger partial charge in [-0.25, -0.2) is 0 Å². The minimum absolute atomic E-state index is 0. The summed E-state index contributed by atoms with van der Waals surface area (Å²) in [6.45, 7) is 1.13. The van der Waals surface area contributed by atoms with Crippen LogP contribution in [0.5, 0.6) is 11.5 Å². The van der Waals surface area contributed by atoms with Crippen LogP contribution in [-0.4, -0.2) is 16.8 Å². The molecule has 0 amide bonds. The van der Waals surface area contributed by atoms with Crippen molar-refractivity contribution in [1.29, 1.82) is 0 Å². The number of rotatable bonds is 0. The average molecular weight is 290 g/mol. The molecule has 0 saturated heterocycles. The van der Waals surface area contributed by atoms with Crippen molar-refractivity contribution in [3.05, 3.63) is 47.0 Å². The molecule has 4 N–H and O–H groups in total. The third-order valence-corrected chi connectivity index (χ3v) is 4.38. The number of quaternary nitrogens is 1. The summed E-state index contributed by atoms with van der Waals surface area (Å²) in [5.74, 6) is -0.00971. The Morgan fingerprint density at radius 1 is 1.05 bits per heavy atom. The van der Waals surface area contributed by atoms with E-state index in [1.165, 1.54) is 11.1 Å². The zero-order valence-electron chi connectivity index (χ0n) is 10.9. The molecule has 4 heteroatoms. The first kappa shape index (κ1) is 13.3. The maximum Gasteiger partial charge on any atom is 0.165 e. The number of phenolic OH excluding ortho intramolecular Hbond substituents is 2.